The number of halogens is 1. The van der Waals surface area contributed by atoms with Crippen molar-refractivity contribution in [3.8, 4) is 0 Å². The minimum atomic E-state index is -0.477. The third kappa shape index (κ3) is 3.17. The second-order valence-corrected chi connectivity index (χ2v) is 2.56. The zero-order valence-corrected chi connectivity index (χ0v) is 9.02. The molecule has 3 heteroatoms. The van der Waals surface area contributed by atoms with Gasteiger partial charge in [-0.05, 0) is 24.6 Å². The van der Waals surface area contributed by atoms with Crippen LogP contribution in [0.15, 0.2) is 18.2 Å². The first-order valence-corrected chi connectivity index (χ1v) is 4.63. The molecule has 0 aliphatic carbocycles. The Morgan fingerprint density at radius 2 is 1.93 bits per heavy atom. The van der Waals surface area contributed by atoms with Crippen molar-refractivity contribution < 1.29 is 9.18 Å². The smallest absolute Gasteiger partial charge is 0.253 e. The highest BCUT2D eigenvalue weighted by Gasteiger charge is 2.08. The summed E-state index contributed by atoms with van der Waals surface area (Å²) < 4.78 is 13.0. The van der Waals surface area contributed by atoms with E-state index in [-0.39, 0.29) is 5.56 Å². The van der Waals surface area contributed by atoms with Crippen molar-refractivity contribution in [1.82, 2.24) is 5.32 Å². The van der Waals surface area contributed by atoms with Gasteiger partial charge in [-0.2, -0.15) is 0 Å². The van der Waals surface area contributed by atoms with Crippen LogP contribution in [0.25, 0.3) is 0 Å². The Hall–Kier alpha value is -1.38. The lowest BCUT2D eigenvalue weighted by Crippen LogP contribution is -2.19. The first-order chi connectivity index (χ1) is 6.65. The van der Waals surface area contributed by atoms with Crippen LogP contribution in [0.2, 0.25) is 0 Å². The van der Waals surface area contributed by atoms with Crippen molar-refractivity contribution in [1.29, 1.82) is 0 Å². The highest BCUT2D eigenvalue weighted by molar-refractivity contribution is 5.94. The molecule has 78 valence electrons. The number of carbonyl (C=O) groups excluding carboxylic acids is 1. The summed E-state index contributed by atoms with van der Waals surface area (Å²) in [6, 6.07) is 4.52. The van der Waals surface area contributed by atoms with E-state index in [1.54, 1.807) is 13.0 Å². The molecule has 1 N–H and O–H groups in total. The van der Waals surface area contributed by atoms with Gasteiger partial charge in [0.2, 0.25) is 0 Å². The van der Waals surface area contributed by atoms with E-state index in [1.807, 2.05) is 13.8 Å². The number of hydrogen-bond acceptors (Lipinski definition) is 1. The molecular weight excluding hydrogens is 181 g/mol. The Bertz CT molecular complexity index is 310. The number of benzene rings is 1. The van der Waals surface area contributed by atoms with Crippen LogP contribution in [0.3, 0.4) is 0 Å². The summed E-state index contributed by atoms with van der Waals surface area (Å²) in [5.74, 6) is -0.873. The minimum Gasteiger partial charge on any atom is -0.355 e. The van der Waals surface area contributed by atoms with Crippen LogP contribution < -0.4 is 5.32 Å². The number of carbonyl (C=O) groups is 1. The maximum absolute atomic E-state index is 13.0. The van der Waals surface area contributed by atoms with Gasteiger partial charge in [0.1, 0.15) is 5.82 Å². The van der Waals surface area contributed by atoms with E-state index in [4.69, 9.17) is 0 Å². The minimum absolute atomic E-state index is 0.0862. The van der Waals surface area contributed by atoms with Gasteiger partial charge in [-0.1, -0.05) is 19.9 Å². The van der Waals surface area contributed by atoms with Crippen molar-refractivity contribution in [3.05, 3.63) is 35.1 Å². The third-order valence-corrected chi connectivity index (χ3v) is 1.60. The standard InChI is InChI=1S/C9H10FNO.C2H6/c1-6-3-4-7(8(10)5-6)9(12)11-2;1-2/h3-5H,1-2H3,(H,11,12);1-2H3. The molecule has 0 spiro atoms. The van der Waals surface area contributed by atoms with E-state index in [0.29, 0.717) is 0 Å². The van der Waals surface area contributed by atoms with Crippen molar-refractivity contribution >= 4 is 5.91 Å². The monoisotopic (exact) mass is 197 g/mol. The zero-order valence-electron chi connectivity index (χ0n) is 9.02. The third-order valence-electron chi connectivity index (χ3n) is 1.60. The van der Waals surface area contributed by atoms with Crippen molar-refractivity contribution in [3.63, 3.8) is 0 Å². The average Bonchev–Trinajstić information content (AvgIpc) is 2.20. The average molecular weight is 197 g/mol. The molecule has 0 aromatic heterocycles. The largest absolute Gasteiger partial charge is 0.355 e. The highest BCUT2D eigenvalue weighted by atomic mass is 19.1. The van der Waals surface area contributed by atoms with Crippen LogP contribution in [0.1, 0.15) is 29.8 Å². The van der Waals surface area contributed by atoms with Crippen molar-refractivity contribution in [2.24, 2.45) is 0 Å². The molecule has 1 rings (SSSR count). The maximum atomic E-state index is 13.0. The first kappa shape index (κ1) is 12.6. The maximum Gasteiger partial charge on any atom is 0.253 e. The molecule has 14 heavy (non-hydrogen) atoms. The summed E-state index contributed by atoms with van der Waals surface area (Å²) in [6.45, 7) is 5.77. The van der Waals surface area contributed by atoms with Crippen LogP contribution in [-0.2, 0) is 0 Å². The van der Waals surface area contributed by atoms with E-state index in [9.17, 15) is 9.18 Å². The summed E-state index contributed by atoms with van der Waals surface area (Å²) in [5, 5.41) is 2.36. The summed E-state index contributed by atoms with van der Waals surface area (Å²) in [4.78, 5) is 11.0. The van der Waals surface area contributed by atoms with Gasteiger partial charge in [-0.25, -0.2) is 4.39 Å². The quantitative estimate of drug-likeness (QED) is 0.736. The molecule has 0 saturated carbocycles. The molecule has 2 nitrogen and oxygen atoms in total. The Morgan fingerprint density at radius 1 is 1.36 bits per heavy atom. The molecule has 0 atom stereocenters. The molecule has 1 amide bonds. The van der Waals surface area contributed by atoms with Crippen LogP contribution >= 0.6 is 0 Å². The van der Waals surface area contributed by atoms with Gasteiger partial charge in [-0.15, -0.1) is 0 Å². The normalized spacial score (nSPS) is 8.64. The van der Waals surface area contributed by atoms with Gasteiger partial charge in [0.15, 0.2) is 0 Å². The molecule has 0 radical (unpaired) electrons. The molecule has 0 aliphatic heterocycles. The van der Waals surface area contributed by atoms with Crippen LogP contribution in [-0.4, -0.2) is 13.0 Å². The van der Waals surface area contributed by atoms with Crippen LogP contribution in [0, 0.1) is 12.7 Å². The summed E-state index contributed by atoms with van der Waals surface area (Å²) in [5.41, 5.74) is 0.892. The van der Waals surface area contributed by atoms with Gasteiger partial charge < -0.3 is 5.32 Å². The summed E-state index contributed by atoms with van der Waals surface area (Å²) >= 11 is 0. The second kappa shape index (κ2) is 6.13. The van der Waals surface area contributed by atoms with Crippen molar-refractivity contribution in [2.45, 2.75) is 20.8 Å². The number of hydrogen-bond donors (Lipinski definition) is 1. The fourth-order valence-electron chi connectivity index (χ4n) is 0.939. The SMILES string of the molecule is CC.CNC(=O)c1ccc(C)cc1F. The van der Waals surface area contributed by atoms with Crippen LogP contribution in [0.5, 0.6) is 0 Å². The second-order valence-electron chi connectivity index (χ2n) is 2.56. The molecular formula is C11H16FNO. The highest BCUT2D eigenvalue weighted by Crippen LogP contribution is 2.08. The fraction of sp³-hybridized carbons (Fsp3) is 0.364. The van der Waals surface area contributed by atoms with Gasteiger partial charge in [0.25, 0.3) is 5.91 Å². The molecule has 1 aromatic carbocycles. The lowest BCUT2D eigenvalue weighted by molar-refractivity contribution is 0.0959. The number of rotatable bonds is 1. The molecule has 0 unspecified atom stereocenters. The zero-order chi connectivity index (χ0) is 11.1. The molecule has 0 fully saturated rings. The Morgan fingerprint density at radius 3 is 2.36 bits per heavy atom. The Kier molecular flexibility index (Phi) is 5.53. The number of aryl methyl sites for hydroxylation is 1. The van der Waals surface area contributed by atoms with Crippen LogP contribution in [0.4, 0.5) is 4.39 Å². The van der Waals surface area contributed by atoms with Gasteiger partial charge in [-0.3, -0.25) is 4.79 Å². The fourth-order valence-corrected chi connectivity index (χ4v) is 0.939. The summed E-state index contributed by atoms with van der Waals surface area (Å²) in [7, 11) is 1.47. The van der Waals surface area contributed by atoms with Gasteiger partial charge in [0, 0.05) is 7.05 Å². The Balaban J connectivity index is 0.000000791. The summed E-state index contributed by atoms with van der Waals surface area (Å²) in [6.07, 6.45) is 0. The number of amides is 1. The Labute approximate surface area is 84.1 Å². The topological polar surface area (TPSA) is 29.1 Å². The van der Waals surface area contributed by atoms with Crippen molar-refractivity contribution in [2.75, 3.05) is 7.05 Å². The van der Waals surface area contributed by atoms with E-state index in [0.717, 1.165) is 5.56 Å². The lowest BCUT2D eigenvalue weighted by atomic mass is 10.1. The lowest BCUT2D eigenvalue weighted by Gasteiger charge is -2.01. The predicted molar refractivity (Wildman–Crippen MR) is 55.9 cm³/mol. The molecule has 1 aromatic rings. The van der Waals surface area contributed by atoms with E-state index in [1.165, 1.54) is 19.2 Å². The van der Waals surface area contributed by atoms with E-state index >= 15 is 0 Å². The first-order valence-electron chi connectivity index (χ1n) is 4.63. The predicted octanol–water partition coefficient (Wildman–Crippen LogP) is 2.52. The van der Waals surface area contributed by atoms with E-state index in [2.05, 4.69) is 5.32 Å². The number of nitrogens with one attached hydrogen (secondary N) is 1. The van der Waals surface area contributed by atoms with E-state index < -0.39 is 11.7 Å². The molecule has 0 saturated heterocycles. The van der Waals surface area contributed by atoms with Gasteiger partial charge in [0.05, 0.1) is 5.56 Å². The molecule has 0 heterocycles. The molecule has 0 aliphatic rings. The molecule has 0 bridgehead atoms. The van der Waals surface area contributed by atoms with Gasteiger partial charge >= 0.3 is 0 Å².